The first kappa shape index (κ1) is 20.2. The molecule has 0 aliphatic carbocycles. The highest BCUT2D eigenvalue weighted by Crippen LogP contribution is 2.33. The van der Waals surface area contributed by atoms with Crippen molar-refractivity contribution in [2.45, 2.75) is 0 Å². The van der Waals surface area contributed by atoms with E-state index in [0.29, 0.717) is 17.1 Å². The van der Waals surface area contributed by atoms with Crippen LogP contribution in [-0.2, 0) is 11.8 Å². The molecule has 31 heavy (non-hydrogen) atoms. The van der Waals surface area contributed by atoms with Gasteiger partial charge in [0.05, 0.1) is 0 Å². The number of aromatic nitrogens is 2. The Morgan fingerprint density at radius 1 is 1.03 bits per heavy atom. The van der Waals surface area contributed by atoms with E-state index in [2.05, 4.69) is 15.7 Å². The number of benzene rings is 3. The molecule has 0 aliphatic heterocycles. The summed E-state index contributed by atoms with van der Waals surface area (Å²) in [6, 6.07) is 20.9. The number of fused-ring (bicyclic) bond motifs is 1. The lowest BCUT2D eigenvalue weighted by atomic mass is 9.97. The molecular weight excluding hydrogens is 392 g/mol. The van der Waals surface area contributed by atoms with Gasteiger partial charge in [0, 0.05) is 31.9 Å². The second-order valence-electron chi connectivity index (χ2n) is 7.06. The van der Waals surface area contributed by atoms with Gasteiger partial charge in [0.15, 0.2) is 12.4 Å². The summed E-state index contributed by atoms with van der Waals surface area (Å²) in [5, 5.41) is 11.5. The third kappa shape index (κ3) is 4.56. The zero-order chi connectivity index (χ0) is 21.8. The fourth-order valence-electron chi connectivity index (χ4n) is 3.36. The zero-order valence-corrected chi connectivity index (χ0v) is 17.3. The smallest absolute Gasteiger partial charge is 0.263 e. The van der Waals surface area contributed by atoms with Crippen molar-refractivity contribution in [2.75, 3.05) is 19.0 Å². The molecule has 0 unspecified atom stereocenters. The fraction of sp³-hybridized carbons (Fsp3) is 0.125. The highest BCUT2D eigenvalue weighted by Gasteiger charge is 2.11. The number of ether oxygens (including phenoxy) is 1. The molecule has 0 saturated carbocycles. The van der Waals surface area contributed by atoms with Crippen molar-refractivity contribution >= 4 is 28.4 Å². The highest BCUT2D eigenvalue weighted by molar-refractivity contribution is 5.99. The van der Waals surface area contributed by atoms with Crippen LogP contribution in [0.1, 0.15) is 10.4 Å². The van der Waals surface area contributed by atoms with Crippen molar-refractivity contribution in [3.63, 3.8) is 0 Å². The topological polar surface area (TPSA) is 85.2 Å². The molecule has 0 spiro atoms. The fourth-order valence-corrected chi connectivity index (χ4v) is 3.36. The maximum Gasteiger partial charge on any atom is 0.263 e. The number of rotatable bonds is 6. The molecular formula is C24H22N4O3. The summed E-state index contributed by atoms with van der Waals surface area (Å²) in [4.78, 5) is 24.1. The maximum atomic E-state index is 12.2. The number of hydrogen-bond donors (Lipinski definition) is 2. The Balaban J connectivity index is 1.59. The van der Waals surface area contributed by atoms with Gasteiger partial charge in [-0.25, -0.2) is 0 Å². The molecule has 156 valence electrons. The Labute approximate surface area is 179 Å². The molecule has 0 aliphatic rings. The van der Waals surface area contributed by atoms with Crippen LogP contribution in [-0.4, -0.2) is 35.2 Å². The van der Waals surface area contributed by atoms with Gasteiger partial charge in [-0.05, 0) is 46.2 Å². The molecule has 0 bridgehead atoms. The first-order chi connectivity index (χ1) is 15.0. The number of amides is 2. The number of anilines is 1. The molecule has 4 rings (SSSR count). The molecule has 1 aromatic heterocycles. The predicted octanol–water partition coefficient (Wildman–Crippen LogP) is 3.62. The molecule has 0 saturated heterocycles. The summed E-state index contributed by atoms with van der Waals surface area (Å²) >= 11 is 0. The van der Waals surface area contributed by atoms with E-state index in [4.69, 9.17) is 4.74 Å². The molecule has 0 radical (unpaired) electrons. The number of carbonyl (C=O) groups excluding carboxylic acids is 2. The number of carbonyl (C=O) groups is 2. The van der Waals surface area contributed by atoms with Crippen molar-refractivity contribution in [3.8, 4) is 16.9 Å². The lowest BCUT2D eigenvalue weighted by molar-refractivity contribution is -0.118. The van der Waals surface area contributed by atoms with Gasteiger partial charge in [-0.1, -0.05) is 36.4 Å². The lowest BCUT2D eigenvalue weighted by Crippen LogP contribution is -2.20. The molecule has 2 amide bonds. The molecule has 3 aromatic carbocycles. The van der Waals surface area contributed by atoms with Crippen molar-refractivity contribution in [1.29, 1.82) is 0 Å². The van der Waals surface area contributed by atoms with Crippen molar-refractivity contribution in [1.82, 2.24) is 15.1 Å². The van der Waals surface area contributed by atoms with Gasteiger partial charge < -0.3 is 15.4 Å². The second-order valence-corrected chi connectivity index (χ2v) is 7.06. The van der Waals surface area contributed by atoms with Gasteiger partial charge >= 0.3 is 0 Å². The minimum Gasteiger partial charge on any atom is -0.484 e. The third-order valence-corrected chi connectivity index (χ3v) is 4.87. The van der Waals surface area contributed by atoms with E-state index in [0.717, 1.165) is 21.9 Å². The first-order valence-corrected chi connectivity index (χ1v) is 9.81. The van der Waals surface area contributed by atoms with E-state index >= 15 is 0 Å². The van der Waals surface area contributed by atoms with Crippen molar-refractivity contribution in [3.05, 3.63) is 78.5 Å². The predicted molar refractivity (Wildman–Crippen MR) is 120 cm³/mol. The van der Waals surface area contributed by atoms with Gasteiger partial charge in [0.1, 0.15) is 5.75 Å². The van der Waals surface area contributed by atoms with Gasteiger partial charge in [-0.2, -0.15) is 5.10 Å². The third-order valence-electron chi connectivity index (χ3n) is 4.87. The molecule has 7 heteroatoms. The van der Waals surface area contributed by atoms with E-state index in [-0.39, 0.29) is 18.4 Å². The van der Waals surface area contributed by atoms with Crippen molar-refractivity contribution < 1.29 is 14.3 Å². The van der Waals surface area contributed by atoms with Crippen molar-refractivity contribution in [2.24, 2.45) is 7.05 Å². The van der Waals surface area contributed by atoms with Crippen LogP contribution in [0.4, 0.5) is 5.82 Å². The summed E-state index contributed by atoms with van der Waals surface area (Å²) in [5.74, 6) is 0.641. The molecule has 0 atom stereocenters. The Hall–Kier alpha value is -4.13. The van der Waals surface area contributed by atoms with Crippen LogP contribution < -0.4 is 15.4 Å². The van der Waals surface area contributed by atoms with Crippen LogP contribution in [0.15, 0.2) is 72.9 Å². The van der Waals surface area contributed by atoms with Gasteiger partial charge in [-0.3, -0.25) is 14.3 Å². The Morgan fingerprint density at radius 3 is 2.52 bits per heavy atom. The number of nitrogens with zero attached hydrogens (tertiary/aromatic N) is 2. The average molecular weight is 414 g/mol. The maximum absolute atomic E-state index is 12.2. The highest BCUT2D eigenvalue weighted by atomic mass is 16.5. The Bertz CT molecular complexity index is 1250. The summed E-state index contributed by atoms with van der Waals surface area (Å²) in [5.41, 5.74) is 2.50. The molecule has 1 heterocycles. The van der Waals surface area contributed by atoms with Crippen LogP contribution >= 0.6 is 0 Å². The van der Waals surface area contributed by atoms with Crippen LogP contribution in [0, 0.1) is 0 Å². The number of hydrogen-bond acceptors (Lipinski definition) is 4. The molecule has 0 fully saturated rings. The second kappa shape index (κ2) is 8.71. The monoisotopic (exact) mass is 414 g/mol. The normalized spacial score (nSPS) is 10.6. The van der Waals surface area contributed by atoms with E-state index < -0.39 is 0 Å². The number of nitrogens with one attached hydrogen (secondary N) is 2. The van der Waals surface area contributed by atoms with Gasteiger partial charge in [-0.15, -0.1) is 0 Å². The van der Waals surface area contributed by atoms with Gasteiger partial charge in [0.25, 0.3) is 11.8 Å². The summed E-state index contributed by atoms with van der Waals surface area (Å²) < 4.78 is 7.40. The van der Waals surface area contributed by atoms with E-state index in [1.807, 2.05) is 48.5 Å². The summed E-state index contributed by atoms with van der Waals surface area (Å²) in [6.45, 7) is -0.135. The molecule has 7 nitrogen and oxygen atoms in total. The summed E-state index contributed by atoms with van der Waals surface area (Å²) in [6.07, 6.45) is 1.75. The summed E-state index contributed by atoms with van der Waals surface area (Å²) in [7, 11) is 3.39. The minimum absolute atomic E-state index is 0.132. The Morgan fingerprint density at radius 2 is 1.81 bits per heavy atom. The number of aryl methyl sites for hydroxylation is 1. The Kier molecular flexibility index (Phi) is 5.66. The van der Waals surface area contributed by atoms with Gasteiger partial charge in [0.2, 0.25) is 0 Å². The quantitative estimate of drug-likeness (QED) is 0.505. The van der Waals surface area contributed by atoms with E-state index in [1.54, 1.807) is 43.2 Å². The van der Waals surface area contributed by atoms with Crippen LogP contribution in [0.5, 0.6) is 5.75 Å². The van der Waals surface area contributed by atoms with Crippen LogP contribution in [0.2, 0.25) is 0 Å². The zero-order valence-electron chi connectivity index (χ0n) is 17.3. The van der Waals surface area contributed by atoms with Crippen LogP contribution in [0.25, 0.3) is 21.9 Å². The molecule has 2 N–H and O–H groups in total. The molecule has 4 aromatic rings. The SMILES string of the molecule is CNC(=O)c1ccc(-c2cc(OCC(=O)Nc3ccn(C)n3)cc3ccccc23)cc1. The van der Waals surface area contributed by atoms with E-state index in [1.165, 1.54) is 0 Å². The minimum atomic E-state index is -0.289. The first-order valence-electron chi connectivity index (χ1n) is 9.81. The average Bonchev–Trinajstić information content (AvgIpc) is 3.21. The lowest BCUT2D eigenvalue weighted by Gasteiger charge is -2.12. The van der Waals surface area contributed by atoms with E-state index in [9.17, 15) is 9.59 Å². The standard InChI is InChI=1S/C24H22N4O3/c1-25-24(30)17-9-7-16(8-10-17)21-14-19(13-18-5-3-4-6-20(18)21)31-15-23(29)26-22-11-12-28(2)27-22/h3-14H,15H2,1-2H3,(H,25,30)(H,26,27,29). The largest absolute Gasteiger partial charge is 0.484 e. The van der Waals surface area contributed by atoms with Crippen LogP contribution in [0.3, 0.4) is 0 Å².